The molecule has 0 spiro atoms. The van der Waals surface area contributed by atoms with Gasteiger partial charge in [0.15, 0.2) is 11.6 Å². The lowest BCUT2D eigenvalue weighted by Gasteiger charge is -2.11. The molecule has 3 rings (SSSR count). The van der Waals surface area contributed by atoms with Crippen LogP contribution in [0.1, 0.15) is 0 Å². The number of halogens is 2. The third-order valence-corrected chi connectivity index (χ3v) is 3.87. The Morgan fingerprint density at radius 2 is 1.52 bits per heavy atom. The fraction of sp³-hybridized carbons (Fsp3) is 0. The molecule has 7 heteroatoms. The van der Waals surface area contributed by atoms with Gasteiger partial charge in [0.1, 0.15) is 5.52 Å². The molecule has 5 nitrogen and oxygen atoms in total. The molecule has 6 N–H and O–H groups in total. The Labute approximate surface area is 130 Å². The van der Waals surface area contributed by atoms with E-state index < -0.39 is 0 Å². The molecule has 0 aliphatic carbocycles. The molecule has 21 heavy (non-hydrogen) atoms. The monoisotopic (exact) mass is 319 g/mol. The summed E-state index contributed by atoms with van der Waals surface area (Å²) in [5.74, 6) is 0.349. The molecule has 1 heterocycles. The summed E-state index contributed by atoms with van der Waals surface area (Å²) in [5.41, 5.74) is 20.7. The van der Waals surface area contributed by atoms with Crippen molar-refractivity contribution in [3.05, 3.63) is 40.4 Å². The van der Waals surface area contributed by atoms with Gasteiger partial charge in [-0.15, -0.1) is 0 Å². The Morgan fingerprint density at radius 1 is 0.810 bits per heavy atom. The molecule has 0 aliphatic heterocycles. The van der Waals surface area contributed by atoms with Gasteiger partial charge in [-0.3, -0.25) is 0 Å². The fourth-order valence-electron chi connectivity index (χ4n) is 2.12. The molecular weight excluding hydrogens is 309 g/mol. The summed E-state index contributed by atoms with van der Waals surface area (Å²) >= 11 is 12.0. The van der Waals surface area contributed by atoms with E-state index in [2.05, 4.69) is 9.97 Å². The van der Waals surface area contributed by atoms with Gasteiger partial charge in [0.2, 0.25) is 0 Å². The van der Waals surface area contributed by atoms with Crippen LogP contribution < -0.4 is 17.2 Å². The normalized spacial score (nSPS) is 11.0. The summed E-state index contributed by atoms with van der Waals surface area (Å²) in [6, 6.07) is 8.72. The van der Waals surface area contributed by atoms with Crippen molar-refractivity contribution in [1.82, 2.24) is 9.97 Å². The van der Waals surface area contributed by atoms with Crippen LogP contribution in [-0.4, -0.2) is 9.97 Å². The molecular formula is C14H11Cl2N5. The second-order valence-corrected chi connectivity index (χ2v) is 5.33. The van der Waals surface area contributed by atoms with Gasteiger partial charge in [0.05, 0.1) is 15.6 Å². The van der Waals surface area contributed by atoms with Crippen LogP contribution in [0.15, 0.2) is 30.3 Å². The summed E-state index contributed by atoms with van der Waals surface area (Å²) in [7, 11) is 0. The first kappa shape index (κ1) is 13.7. The quantitative estimate of drug-likeness (QED) is 0.597. The van der Waals surface area contributed by atoms with Crippen molar-refractivity contribution in [3.8, 4) is 11.1 Å². The molecule has 0 saturated heterocycles. The summed E-state index contributed by atoms with van der Waals surface area (Å²) in [4.78, 5) is 8.52. The zero-order valence-corrected chi connectivity index (χ0v) is 12.3. The largest absolute Gasteiger partial charge is 0.398 e. The van der Waals surface area contributed by atoms with E-state index in [1.54, 1.807) is 24.3 Å². The van der Waals surface area contributed by atoms with Crippen LogP contribution in [0.25, 0.3) is 22.2 Å². The highest BCUT2D eigenvalue weighted by atomic mass is 35.5. The lowest BCUT2D eigenvalue weighted by Crippen LogP contribution is -2.03. The van der Waals surface area contributed by atoms with Crippen molar-refractivity contribution in [1.29, 1.82) is 0 Å². The summed E-state index contributed by atoms with van der Waals surface area (Å²) in [5, 5.41) is 0.899. The molecule has 106 valence electrons. The maximum atomic E-state index is 6.08. The second-order valence-electron chi connectivity index (χ2n) is 4.52. The average Bonchev–Trinajstić information content (AvgIpc) is 2.44. The van der Waals surface area contributed by atoms with Gasteiger partial charge in [-0.25, -0.2) is 9.97 Å². The highest BCUT2D eigenvalue weighted by molar-refractivity contribution is 6.42. The van der Waals surface area contributed by atoms with E-state index >= 15 is 0 Å². The van der Waals surface area contributed by atoms with E-state index in [0.717, 1.165) is 5.56 Å². The number of hydrogen-bond acceptors (Lipinski definition) is 5. The first-order valence-corrected chi connectivity index (χ1v) is 6.79. The standard InChI is InChI=1S/C14H11Cl2N5/c15-7-2-1-6(5-8(7)16)11-9(17)3-4-10-12(11)21-14(19)13(18)20-10/h1-5H,17H2,(H2,18,20)(H2,19,21). The second kappa shape index (κ2) is 4.95. The Kier molecular flexibility index (Phi) is 3.23. The van der Waals surface area contributed by atoms with E-state index in [1.165, 1.54) is 0 Å². The van der Waals surface area contributed by atoms with E-state index in [9.17, 15) is 0 Å². The molecule has 0 fully saturated rings. The van der Waals surface area contributed by atoms with Crippen LogP contribution >= 0.6 is 23.2 Å². The molecule has 0 bridgehead atoms. The number of rotatable bonds is 1. The lowest BCUT2D eigenvalue weighted by molar-refractivity contribution is 1.31. The van der Waals surface area contributed by atoms with Crippen LogP contribution in [0.5, 0.6) is 0 Å². The number of nitrogen functional groups attached to an aromatic ring is 3. The molecule has 0 amide bonds. The SMILES string of the molecule is Nc1ccc2nc(N)c(N)nc2c1-c1ccc(Cl)c(Cl)c1. The minimum atomic E-state index is 0.161. The Hall–Kier alpha value is -2.24. The predicted molar refractivity (Wildman–Crippen MR) is 88.2 cm³/mol. The van der Waals surface area contributed by atoms with Gasteiger partial charge in [0, 0.05) is 11.3 Å². The number of nitrogens with zero attached hydrogens (tertiary/aromatic N) is 2. The lowest BCUT2D eigenvalue weighted by atomic mass is 10.0. The van der Waals surface area contributed by atoms with Gasteiger partial charge in [0.25, 0.3) is 0 Å². The highest BCUT2D eigenvalue weighted by Gasteiger charge is 2.13. The van der Waals surface area contributed by atoms with Crippen molar-refractivity contribution < 1.29 is 0 Å². The minimum Gasteiger partial charge on any atom is -0.398 e. The maximum absolute atomic E-state index is 6.08. The molecule has 0 saturated carbocycles. The molecule has 3 aromatic rings. The topological polar surface area (TPSA) is 104 Å². The van der Waals surface area contributed by atoms with Crippen molar-refractivity contribution in [2.45, 2.75) is 0 Å². The van der Waals surface area contributed by atoms with Gasteiger partial charge >= 0.3 is 0 Å². The van der Waals surface area contributed by atoms with E-state index in [4.69, 9.17) is 40.4 Å². The van der Waals surface area contributed by atoms with Crippen LogP contribution in [0.3, 0.4) is 0 Å². The Balaban J connectivity index is 2.37. The van der Waals surface area contributed by atoms with Crippen molar-refractivity contribution in [3.63, 3.8) is 0 Å². The van der Waals surface area contributed by atoms with Crippen molar-refractivity contribution in [2.75, 3.05) is 17.2 Å². The van der Waals surface area contributed by atoms with Crippen LogP contribution in [-0.2, 0) is 0 Å². The smallest absolute Gasteiger partial charge is 0.166 e. The molecule has 0 radical (unpaired) electrons. The Morgan fingerprint density at radius 3 is 2.24 bits per heavy atom. The molecule has 1 aromatic heterocycles. The number of anilines is 3. The highest BCUT2D eigenvalue weighted by Crippen LogP contribution is 2.36. The zero-order chi connectivity index (χ0) is 15.1. The molecule has 2 aromatic carbocycles. The molecule has 0 unspecified atom stereocenters. The summed E-state index contributed by atoms with van der Waals surface area (Å²) < 4.78 is 0. The number of benzene rings is 2. The van der Waals surface area contributed by atoms with Crippen LogP contribution in [0, 0.1) is 0 Å². The van der Waals surface area contributed by atoms with E-state index in [0.29, 0.717) is 32.3 Å². The van der Waals surface area contributed by atoms with Gasteiger partial charge in [-0.1, -0.05) is 29.3 Å². The summed E-state index contributed by atoms with van der Waals surface area (Å²) in [6.07, 6.45) is 0. The van der Waals surface area contributed by atoms with E-state index in [-0.39, 0.29) is 11.6 Å². The number of aromatic nitrogens is 2. The number of fused-ring (bicyclic) bond motifs is 1. The van der Waals surface area contributed by atoms with Crippen molar-refractivity contribution in [2.24, 2.45) is 0 Å². The van der Waals surface area contributed by atoms with Gasteiger partial charge in [-0.2, -0.15) is 0 Å². The Bertz CT molecular complexity index is 864. The zero-order valence-electron chi connectivity index (χ0n) is 10.8. The molecule has 0 atom stereocenters. The first-order valence-electron chi connectivity index (χ1n) is 6.04. The van der Waals surface area contributed by atoms with Gasteiger partial charge in [-0.05, 0) is 29.8 Å². The number of hydrogen-bond donors (Lipinski definition) is 3. The van der Waals surface area contributed by atoms with Gasteiger partial charge < -0.3 is 17.2 Å². The third kappa shape index (κ3) is 2.30. The predicted octanol–water partition coefficient (Wildman–Crippen LogP) is 3.35. The average molecular weight is 320 g/mol. The van der Waals surface area contributed by atoms with Crippen LogP contribution in [0.2, 0.25) is 10.0 Å². The number of nitrogens with two attached hydrogens (primary N) is 3. The first-order chi connectivity index (χ1) is 9.97. The molecule has 0 aliphatic rings. The van der Waals surface area contributed by atoms with E-state index in [1.807, 2.05) is 6.07 Å². The maximum Gasteiger partial charge on any atom is 0.166 e. The fourth-order valence-corrected chi connectivity index (χ4v) is 2.42. The van der Waals surface area contributed by atoms with Crippen LogP contribution in [0.4, 0.5) is 17.3 Å². The van der Waals surface area contributed by atoms with Crippen molar-refractivity contribution >= 4 is 51.6 Å². The minimum absolute atomic E-state index is 0.161. The third-order valence-electron chi connectivity index (χ3n) is 3.13. The summed E-state index contributed by atoms with van der Waals surface area (Å²) in [6.45, 7) is 0.